The van der Waals surface area contributed by atoms with Gasteiger partial charge < -0.3 is 15.1 Å². The van der Waals surface area contributed by atoms with Crippen molar-refractivity contribution in [1.29, 1.82) is 0 Å². The topological polar surface area (TPSA) is 52.8 Å². The molecule has 122 valence electrons. The summed E-state index contributed by atoms with van der Waals surface area (Å²) >= 11 is 0. The lowest BCUT2D eigenvalue weighted by molar-refractivity contribution is 0.287. The third kappa shape index (κ3) is 4.60. The molecule has 0 bridgehead atoms. The molecular weight excluding hydrogens is 288 g/mol. The third-order valence-corrected chi connectivity index (χ3v) is 3.91. The summed E-state index contributed by atoms with van der Waals surface area (Å²) in [6, 6.07) is 12.5. The number of guanidine groups is 1. The van der Waals surface area contributed by atoms with Crippen LogP contribution >= 0.6 is 0 Å². The molecule has 5 nitrogen and oxygen atoms in total. The minimum Gasteiger partial charge on any atom is -0.468 e. The molecule has 0 spiro atoms. The number of aliphatic imine (C=N–C) groups is 1. The number of nitrogens with one attached hydrogen (secondary N) is 2. The van der Waals surface area contributed by atoms with Crippen LogP contribution in [0.25, 0.3) is 0 Å². The van der Waals surface area contributed by atoms with Crippen molar-refractivity contribution in [2.75, 3.05) is 20.1 Å². The number of rotatable bonds is 6. The zero-order valence-electron chi connectivity index (χ0n) is 13.6. The molecule has 0 atom stereocenters. The van der Waals surface area contributed by atoms with Crippen molar-refractivity contribution < 1.29 is 4.42 Å². The minimum absolute atomic E-state index is 0.788. The summed E-state index contributed by atoms with van der Waals surface area (Å²) in [4.78, 5) is 6.71. The third-order valence-electron chi connectivity index (χ3n) is 3.91. The Labute approximate surface area is 137 Å². The molecule has 23 heavy (non-hydrogen) atoms. The Balaban J connectivity index is 1.59. The van der Waals surface area contributed by atoms with Crippen LogP contribution in [-0.2, 0) is 19.6 Å². The molecule has 5 heteroatoms. The Bertz CT molecular complexity index is 636. The molecule has 0 fully saturated rings. The molecule has 3 rings (SSSR count). The fourth-order valence-corrected chi connectivity index (χ4v) is 2.73. The second-order valence-corrected chi connectivity index (χ2v) is 5.88. The molecule has 1 aliphatic rings. The zero-order chi connectivity index (χ0) is 15.9. The van der Waals surface area contributed by atoms with Gasteiger partial charge in [-0.25, -0.2) is 0 Å². The van der Waals surface area contributed by atoms with Crippen molar-refractivity contribution in [3.05, 3.63) is 59.5 Å². The van der Waals surface area contributed by atoms with Gasteiger partial charge in [0.2, 0.25) is 0 Å². The van der Waals surface area contributed by atoms with Crippen LogP contribution in [0.15, 0.2) is 52.1 Å². The average molecular weight is 312 g/mol. The first-order chi connectivity index (χ1) is 11.3. The number of hydrogen-bond acceptors (Lipinski definition) is 5. The molecule has 0 saturated carbocycles. The van der Waals surface area contributed by atoms with Crippen LogP contribution in [0.5, 0.6) is 0 Å². The highest BCUT2D eigenvalue weighted by atomic mass is 16.3. The minimum atomic E-state index is 0.788. The molecule has 0 unspecified atom stereocenters. The molecule has 2 aromatic rings. The fraction of sp³-hybridized carbons (Fsp3) is 0.389. The van der Waals surface area contributed by atoms with Gasteiger partial charge in [-0.15, -0.1) is 0 Å². The van der Waals surface area contributed by atoms with Crippen LogP contribution in [0.4, 0.5) is 0 Å². The maximum absolute atomic E-state index is 5.42. The SMILES string of the molecule is CN(Cc1ccco1)Cc1ccccc1CNC1=NCCCN1. The molecule has 2 N–H and O–H groups in total. The molecule has 1 aromatic carbocycles. The van der Waals surface area contributed by atoms with Crippen LogP contribution in [0, 0.1) is 0 Å². The smallest absolute Gasteiger partial charge is 0.191 e. The quantitative estimate of drug-likeness (QED) is 0.860. The van der Waals surface area contributed by atoms with E-state index in [1.54, 1.807) is 6.26 Å². The van der Waals surface area contributed by atoms with Gasteiger partial charge in [-0.3, -0.25) is 9.89 Å². The highest BCUT2D eigenvalue weighted by molar-refractivity contribution is 5.80. The van der Waals surface area contributed by atoms with Crippen LogP contribution in [-0.4, -0.2) is 31.0 Å². The summed E-state index contributed by atoms with van der Waals surface area (Å²) < 4.78 is 5.42. The second-order valence-electron chi connectivity index (χ2n) is 5.88. The molecule has 0 aliphatic carbocycles. The molecule has 0 saturated heterocycles. The lowest BCUT2D eigenvalue weighted by Crippen LogP contribution is -2.40. The first-order valence-electron chi connectivity index (χ1n) is 8.11. The Morgan fingerprint density at radius 3 is 2.78 bits per heavy atom. The van der Waals surface area contributed by atoms with Crippen LogP contribution in [0.3, 0.4) is 0 Å². The van der Waals surface area contributed by atoms with Gasteiger partial charge in [-0.1, -0.05) is 24.3 Å². The highest BCUT2D eigenvalue weighted by Crippen LogP contribution is 2.13. The maximum Gasteiger partial charge on any atom is 0.191 e. The number of nitrogens with zero attached hydrogens (tertiary/aromatic N) is 2. The van der Waals surface area contributed by atoms with Crippen LogP contribution < -0.4 is 10.6 Å². The molecule has 0 amide bonds. The Kier molecular flexibility index (Phi) is 5.32. The predicted octanol–water partition coefficient (Wildman–Crippen LogP) is 2.35. The van der Waals surface area contributed by atoms with E-state index in [1.807, 2.05) is 12.1 Å². The van der Waals surface area contributed by atoms with Crippen molar-refractivity contribution >= 4 is 5.96 Å². The van der Waals surface area contributed by atoms with E-state index in [-0.39, 0.29) is 0 Å². The van der Waals surface area contributed by atoms with Gasteiger partial charge >= 0.3 is 0 Å². The van der Waals surface area contributed by atoms with Crippen LogP contribution in [0.1, 0.15) is 23.3 Å². The zero-order valence-corrected chi connectivity index (χ0v) is 13.6. The molecule has 1 aliphatic heterocycles. The standard InChI is InChI=1S/C18H24N4O/c1-22(14-17-8-4-11-23-17)13-16-7-3-2-6-15(16)12-21-18-19-9-5-10-20-18/h2-4,6-8,11H,5,9-10,12-14H2,1H3,(H2,19,20,21). The maximum atomic E-state index is 5.42. The van der Waals surface area contributed by atoms with Crippen molar-refractivity contribution in [2.45, 2.75) is 26.1 Å². The molecule has 2 heterocycles. The van der Waals surface area contributed by atoms with E-state index in [9.17, 15) is 0 Å². The second kappa shape index (κ2) is 7.83. The molecule has 1 aromatic heterocycles. The summed E-state index contributed by atoms with van der Waals surface area (Å²) in [5, 5.41) is 6.69. The van der Waals surface area contributed by atoms with Gasteiger partial charge in [0.1, 0.15) is 5.76 Å². The summed E-state index contributed by atoms with van der Waals surface area (Å²) in [6.07, 6.45) is 2.83. The number of benzene rings is 1. The first-order valence-corrected chi connectivity index (χ1v) is 8.11. The van der Waals surface area contributed by atoms with Crippen molar-refractivity contribution in [1.82, 2.24) is 15.5 Å². The Hall–Kier alpha value is -2.27. The largest absolute Gasteiger partial charge is 0.468 e. The highest BCUT2D eigenvalue weighted by Gasteiger charge is 2.09. The van der Waals surface area contributed by atoms with Crippen molar-refractivity contribution in [2.24, 2.45) is 4.99 Å². The average Bonchev–Trinajstić information content (AvgIpc) is 3.08. The lowest BCUT2D eigenvalue weighted by Gasteiger charge is -2.20. The van der Waals surface area contributed by atoms with E-state index in [1.165, 1.54) is 11.1 Å². The molecule has 0 radical (unpaired) electrons. The number of furan rings is 1. The van der Waals surface area contributed by atoms with Crippen LogP contribution in [0.2, 0.25) is 0 Å². The van der Waals surface area contributed by atoms with Gasteiger partial charge in [0, 0.05) is 26.2 Å². The normalized spacial score (nSPS) is 14.4. The fourth-order valence-electron chi connectivity index (χ4n) is 2.73. The van der Waals surface area contributed by atoms with E-state index in [0.717, 1.165) is 50.9 Å². The molecular formula is C18H24N4O. The van der Waals surface area contributed by atoms with E-state index in [0.29, 0.717) is 0 Å². The summed E-state index contributed by atoms with van der Waals surface area (Å²) in [6.45, 7) is 4.39. The van der Waals surface area contributed by atoms with E-state index in [4.69, 9.17) is 4.42 Å². The lowest BCUT2D eigenvalue weighted by atomic mass is 10.1. The van der Waals surface area contributed by atoms with Gasteiger partial charge in [-0.05, 0) is 36.7 Å². The predicted molar refractivity (Wildman–Crippen MR) is 92.1 cm³/mol. The van der Waals surface area contributed by atoms with Gasteiger partial charge in [0.25, 0.3) is 0 Å². The van der Waals surface area contributed by atoms with Gasteiger partial charge in [0.05, 0.1) is 12.8 Å². The Morgan fingerprint density at radius 2 is 2.04 bits per heavy atom. The summed E-state index contributed by atoms with van der Waals surface area (Å²) in [7, 11) is 2.11. The van der Waals surface area contributed by atoms with E-state index < -0.39 is 0 Å². The monoisotopic (exact) mass is 312 g/mol. The van der Waals surface area contributed by atoms with Crippen molar-refractivity contribution in [3.63, 3.8) is 0 Å². The summed E-state index contributed by atoms with van der Waals surface area (Å²) in [5.41, 5.74) is 2.62. The van der Waals surface area contributed by atoms with Crippen molar-refractivity contribution in [3.8, 4) is 0 Å². The van der Waals surface area contributed by atoms with Gasteiger partial charge in [0.15, 0.2) is 5.96 Å². The first kappa shape index (κ1) is 15.6. The van der Waals surface area contributed by atoms with E-state index in [2.05, 4.69) is 51.8 Å². The number of hydrogen-bond donors (Lipinski definition) is 2. The van der Waals surface area contributed by atoms with Gasteiger partial charge in [-0.2, -0.15) is 0 Å². The Morgan fingerprint density at radius 1 is 1.17 bits per heavy atom. The summed E-state index contributed by atoms with van der Waals surface area (Å²) in [5.74, 6) is 1.90. The van der Waals surface area contributed by atoms with E-state index >= 15 is 0 Å².